The maximum absolute atomic E-state index is 11.9. The average molecular weight is 270 g/mol. The third kappa shape index (κ3) is 4.31. The molecule has 0 aliphatic carbocycles. The molecule has 5 heteroatoms. The Hall–Kier alpha value is -1.07. The number of hydrogen-bond acceptors (Lipinski definition) is 3. The number of hydrogen-bond donors (Lipinski definition) is 2. The molecule has 2 amide bonds. The Labute approximate surface area is 113 Å². The fourth-order valence-electron chi connectivity index (χ4n) is 1.58. The minimum Gasteiger partial charge on any atom is -0.394 e. The number of urea groups is 1. The molecule has 1 aromatic heterocycles. The topological polar surface area (TPSA) is 52.6 Å². The zero-order valence-corrected chi connectivity index (χ0v) is 12.3. The zero-order valence-electron chi connectivity index (χ0n) is 11.4. The summed E-state index contributed by atoms with van der Waals surface area (Å²) in [4.78, 5) is 15.9. The third-order valence-corrected chi connectivity index (χ3v) is 3.94. The van der Waals surface area contributed by atoms with Crippen molar-refractivity contribution in [3.8, 4) is 0 Å². The standard InChI is InChI=1S/C13H22N2O2S/c1-9(7-12-6-5-11(3)18-12)14-13(17)15(4)10(2)8-16/h5-6,9-10,16H,7-8H2,1-4H3,(H,14,17). The fraction of sp³-hybridized carbons (Fsp3) is 0.615. The number of thiophene rings is 1. The second-order valence-corrected chi connectivity index (χ2v) is 6.08. The molecule has 0 aliphatic heterocycles. The molecule has 0 saturated carbocycles. The normalized spacial score (nSPS) is 14.1. The number of rotatable bonds is 5. The highest BCUT2D eigenvalue weighted by atomic mass is 32.1. The van der Waals surface area contributed by atoms with E-state index in [0.717, 1.165) is 6.42 Å². The van der Waals surface area contributed by atoms with Gasteiger partial charge in [0.2, 0.25) is 0 Å². The van der Waals surface area contributed by atoms with Gasteiger partial charge in [-0.1, -0.05) is 0 Å². The lowest BCUT2D eigenvalue weighted by Gasteiger charge is -2.25. The van der Waals surface area contributed by atoms with E-state index in [1.807, 2.05) is 13.8 Å². The maximum Gasteiger partial charge on any atom is 0.317 e. The van der Waals surface area contributed by atoms with Gasteiger partial charge in [-0.05, 0) is 32.9 Å². The molecule has 18 heavy (non-hydrogen) atoms. The third-order valence-electron chi connectivity index (χ3n) is 2.92. The molecular formula is C13H22N2O2S. The number of aryl methyl sites for hydroxylation is 1. The minimum atomic E-state index is -0.166. The van der Waals surface area contributed by atoms with Crippen LogP contribution in [0.15, 0.2) is 12.1 Å². The molecule has 1 aromatic rings. The van der Waals surface area contributed by atoms with E-state index in [1.165, 1.54) is 14.7 Å². The van der Waals surface area contributed by atoms with Gasteiger partial charge in [-0.25, -0.2) is 4.79 Å². The van der Waals surface area contributed by atoms with Gasteiger partial charge in [0, 0.05) is 29.3 Å². The summed E-state index contributed by atoms with van der Waals surface area (Å²) in [6.07, 6.45) is 0.839. The molecule has 0 radical (unpaired) electrons. The Bertz CT molecular complexity index is 392. The van der Waals surface area contributed by atoms with Gasteiger partial charge < -0.3 is 15.3 Å². The molecule has 0 spiro atoms. The highest BCUT2D eigenvalue weighted by Crippen LogP contribution is 2.16. The van der Waals surface area contributed by atoms with Crippen LogP contribution in [0.4, 0.5) is 4.79 Å². The number of aliphatic hydroxyl groups is 1. The van der Waals surface area contributed by atoms with Crippen LogP contribution in [0.1, 0.15) is 23.6 Å². The van der Waals surface area contributed by atoms with E-state index in [2.05, 4.69) is 24.4 Å². The molecule has 102 valence electrons. The maximum atomic E-state index is 11.9. The molecule has 0 saturated heterocycles. The van der Waals surface area contributed by atoms with Gasteiger partial charge in [-0.3, -0.25) is 0 Å². The van der Waals surface area contributed by atoms with Gasteiger partial charge >= 0.3 is 6.03 Å². The molecule has 2 atom stereocenters. The van der Waals surface area contributed by atoms with E-state index in [4.69, 9.17) is 5.11 Å². The number of nitrogens with one attached hydrogen (secondary N) is 1. The number of amides is 2. The van der Waals surface area contributed by atoms with Crippen LogP contribution in [-0.4, -0.2) is 41.8 Å². The van der Waals surface area contributed by atoms with Crippen molar-refractivity contribution in [2.24, 2.45) is 0 Å². The quantitative estimate of drug-likeness (QED) is 0.860. The zero-order chi connectivity index (χ0) is 13.7. The van der Waals surface area contributed by atoms with Gasteiger partial charge in [-0.2, -0.15) is 0 Å². The Morgan fingerprint density at radius 2 is 2.17 bits per heavy atom. The van der Waals surface area contributed by atoms with Crippen molar-refractivity contribution in [2.45, 2.75) is 39.3 Å². The number of likely N-dealkylation sites (N-methyl/N-ethyl adjacent to an activating group) is 1. The van der Waals surface area contributed by atoms with E-state index in [0.29, 0.717) is 0 Å². The average Bonchev–Trinajstić information content (AvgIpc) is 2.72. The van der Waals surface area contributed by atoms with Crippen LogP contribution in [0, 0.1) is 6.92 Å². The summed E-state index contributed by atoms with van der Waals surface area (Å²) in [5.41, 5.74) is 0. The van der Waals surface area contributed by atoms with Crippen LogP contribution in [0.3, 0.4) is 0 Å². The molecule has 1 heterocycles. The summed E-state index contributed by atoms with van der Waals surface area (Å²) >= 11 is 1.76. The number of carbonyl (C=O) groups excluding carboxylic acids is 1. The van der Waals surface area contributed by atoms with E-state index >= 15 is 0 Å². The first-order valence-electron chi connectivity index (χ1n) is 6.13. The smallest absolute Gasteiger partial charge is 0.317 e. The van der Waals surface area contributed by atoms with E-state index < -0.39 is 0 Å². The largest absolute Gasteiger partial charge is 0.394 e. The molecular weight excluding hydrogens is 248 g/mol. The van der Waals surface area contributed by atoms with Crippen LogP contribution in [0.5, 0.6) is 0 Å². The first-order valence-corrected chi connectivity index (χ1v) is 6.95. The van der Waals surface area contributed by atoms with Crippen molar-refractivity contribution < 1.29 is 9.90 Å². The van der Waals surface area contributed by atoms with E-state index in [1.54, 1.807) is 18.4 Å². The second kappa shape index (κ2) is 6.75. The first kappa shape index (κ1) is 15.0. The van der Waals surface area contributed by atoms with Crippen molar-refractivity contribution in [1.29, 1.82) is 0 Å². The van der Waals surface area contributed by atoms with Gasteiger partial charge in [0.05, 0.1) is 12.6 Å². The number of carbonyl (C=O) groups is 1. The number of aliphatic hydroxyl groups excluding tert-OH is 1. The lowest BCUT2D eigenvalue weighted by Crippen LogP contribution is -2.47. The minimum absolute atomic E-state index is 0.0254. The monoisotopic (exact) mass is 270 g/mol. The van der Waals surface area contributed by atoms with Crippen LogP contribution in [0.2, 0.25) is 0 Å². The SMILES string of the molecule is Cc1ccc(CC(C)NC(=O)N(C)C(C)CO)s1. The van der Waals surface area contributed by atoms with Gasteiger partial charge in [-0.15, -0.1) is 11.3 Å². The molecule has 0 aromatic carbocycles. The predicted octanol–water partition coefficient (Wildman–Crippen LogP) is 2.01. The van der Waals surface area contributed by atoms with E-state index in [9.17, 15) is 4.79 Å². The van der Waals surface area contributed by atoms with Crippen LogP contribution in [-0.2, 0) is 6.42 Å². The Balaban J connectivity index is 2.44. The highest BCUT2D eigenvalue weighted by molar-refractivity contribution is 7.11. The van der Waals surface area contributed by atoms with Crippen molar-refractivity contribution in [1.82, 2.24) is 10.2 Å². The summed E-state index contributed by atoms with van der Waals surface area (Å²) in [6, 6.07) is 3.97. The molecule has 0 aliphatic rings. The van der Waals surface area contributed by atoms with Crippen LogP contribution < -0.4 is 5.32 Å². The summed E-state index contributed by atoms with van der Waals surface area (Å²) in [6.45, 7) is 5.85. The van der Waals surface area contributed by atoms with Crippen molar-refractivity contribution in [2.75, 3.05) is 13.7 Å². The highest BCUT2D eigenvalue weighted by Gasteiger charge is 2.16. The summed E-state index contributed by atoms with van der Waals surface area (Å²) < 4.78 is 0. The Morgan fingerprint density at radius 3 is 2.67 bits per heavy atom. The van der Waals surface area contributed by atoms with Gasteiger partial charge in [0.1, 0.15) is 0 Å². The van der Waals surface area contributed by atoms with E-state index in [-0.39, 0.29) is 24.7 Å². The van der Waals surface area contributed by atoms with Crippen LogP contribution in [0.25, 0.3) is 0 Å². The predicted molar refractivity (Wildman–Crippen MR) is 75.1 cm³/mol. The van der Waals surface area contributed by atoms with Crippen molar-refractivity contribution >= 4 is 17.4 Å². The molecule has 2 unspecified atom stereocenters. The van der Waals surface area contributed by atoms with Crippen LogP contribution >= 0.6 is 11.3 Å². The lowest BCUT2D eigenvalue weighted by molar-refractivity contribution is 0.155. The Morgan fingerprint density at radius 1 is 1.50 bits per heavy atom. The van der Waals surface area contributed by atoms with Gasteiger partial charge in [0.25, 0.3) is 0 Å². The second-order valence-electron chi connectivity index (χ2n) is 4.71. The summed E-state index contributed by atoms with van der Waals surface area (Å²) in [5, 5.41) is 11.9. The Kier molecular flexibility index (Phi) is 5.62. The molecule has 4 nitrogen and oxygen atoms in total. The fourth-order valence-corrected chi connectivity index (χ4v) is 2.60. The lowest BCUT2D eigenvalue weighted by atomic mass is 10.2. The molecule has 2 N–H and O–H groups in total. The number of nitrogens with zero attached hydrogens (tertiary/aromatic N) is 1. The molecule has 0 bridgehead atoms. The summed E-state index contributed by atoms with van der Waals surface area (Å²) in [5.74, 6) is 0. The van der Waals surface area contributed by atoms with Crippen molar-refractivity contribution in [3.63, 3.8) is 0 Å². The first-order chi connectivity index (χ1) is 8.43. The van der Waals surface area contributed by atoms with Crippen molar-refractivity contribution in [3.05, 3.63) is 21.9 Å². The van der Waals surface area contributed by atoms with Gasteiger partial charge in [0.15, 0.2) is 0 Å². The molecule has 1 rings (SSSR count). The summed E-state index contributed by atoms with van der Waals surface area (Å²) in [7, 11) is 1.69. The molecule has 0 fully saturated rings.